The summed E-state index contributed by atoms with van der Waals surface area (Å²) >= 11 is 0. The van der Waals surface area contributed by atoms with Crippen LogP contribution in [0.25, 0.3) is 0 Å². The summed E-state index contributed by atoms with van der Waals surface area (Å²) < 4.78 is 30.2. The molecule has 2 atom stereocenters. The normalized spacial score (nSPS) is 14.9. The molecule has 1 aromatic rings. The molecule has 27 heavy (non-hydrogen) atoms. The Kier molecular flexibility index (Phi) is 7.11. The van der Waals surface area contributed by atoms with Crippen LogP contribution >= 0.6 is 0 Å². The van der Waals surface area contributed by atoms with Crippen LogP contribution in [0, 0.1) is 17.2 Å². The average molecular weight is 395 g/mol. The van der Waals surface area contributed by atoms with Gasteiger partial charge in [-0.15, -0.1) is 0 Å². The molecule has 0 fully saturated rings. The number of nitrogens with one attached hydrogen (secondary N) is 1. The second-order valence-corrected chi connectivity index (χ2v) is 8.97. The summed E-state index contributed by atoms with van der Waals surface area (Å²) in [7, 11) is -0.787. The summed E-state index contributed by atoms with van der Waals surface area (Å²) in [6.07, 6.45) is -1.12. The Hall–Kier alpha value is -2.44. The minimum atomic E-state index is -3.60. The standard InChI is InChI=1S/C18H25N3O5S/c1-12(2)18(4,11-19)20-16(22)13(3)26-17(23)14-7-9-15(10-8-14)27(24,25)21(5)6/h7-10,12-13H,1-6H3,(H,20,22)/t13-,18+/m0/s1. The lowest BCUT2D eigenvalue weighted by Crippen LogP contribution is -2.52. The average Bonchev–Trinajstić information content (AvgIpc) is 2.61. The van der Waals surface area contributed by atoms with Gasteiger partial charge >= 0.3 is 5.97 Å². The molecular weight excluding hydrogens is 370 g/mol. The molecule has 0 spiro atoms. The summed E-state index contributed by atoms with van der Waals surface area (Å²) in [4.78, 5) is 24.5. The second-order valence-electron chi connectivity index (χ2n) is 6.82. The van der Waals surface area contributed by atoms with Crippen molar-refractivity contribution < 1.29 is 22.7 Å². The fourth-order valence-electron chi connectivity index (χ4n) is 1.91. The highest BCUT2D eigenvalue weighted by Crippen LogP contribution is 2.17. The second kappa shape index (κ2) is 8.50. The number of nitrogens with zero attached hydrogens (tertiary/aromatic N) is 2. The topological polar surface area (TPSA) is 117 Å². The third-order valence-corrected chi connectivity index (χ3v) is 6.12. The number of nitriles is 1. The van der Waals surface area contributed by atoms with Gasteiger partial charge in [0.25, 0.3) is 5.91 Å². The molecule has 0 aliphatic carbocycles. The number of sulfonamides is 1. The van der Waals surface area contributed by atoms with Gasteiger partial charge in [0.15, 0.2) is 6.10 Å². The van der Waals surface area contributed by atoms with E-state index in [1.165, 1.54) is 45.3 Å². The van der Waals surface area contributed by atoms with Gasteiger partial charge in [-0.05, 0) is 44.0 Å². The van der Waals surface area contributed by atoms with E-state index in [2.05, 4.69) is 5.32 Å². The van der Waals surface area contributed by atoms with Crippen molar-refractivity contribution >= 4 is 21.9 Å². The lowest BCUT2D eigenvalue weighted by atomic mass is 9.90. The molecule has 0 radical (unpaired) electrons. The fraction of sp³-hybridized carbons (Fsp3) is 0.500. The lowest BCUT2D eigenvalue weighted by Gasteiger charge is -2.28. The molecule has 0 saturated heterocycles. The molecule has 1 rings (SSSR count). The first kappa shape index (κ1) is 22.6. The number of carbonyl (C=O) groups is 2. The van der Waals surface area contributed by atoms with Crippen molar-refractivity contribution in [2.75, 3.05) is 14.1 Å². The quantitative estimate of drug-likeness (QED) is 0.700. The van der Waals surface area contributed by atoms with Crippen LogP contribution in [-0.4, -0.2) is 50.3 Å². The third-order valence-electron chi connectivity index (χ3n) is 4.29. The molecule has 0 heterocycles. The summed E-state index contributed by atoms with van der Waals surface area (Å²) in [6, 6.07) is 7.27. The fourth-order valence-corrected chi connectivity index (χ4v) is 2.82. The van der Waals surface area contributed by atoms with Crippen LogP contribution in [0.4, 0.5) is 0 Å². The molecule has 1 amide bonds. The Balaban J connectivity index is 2.84. The molecule has 8 nitrogen and oxygen atoms in total. The molecule has 0 aliphatic rings. The van der Waals surface area contributed by atoms with Crippen molar-refractivity contribution in [1.29, 1.82) is 5.26 Å². The Bertz CT molecular complexity index is 841. The van der Waals surface area contributed by atoms with Gasteiger partial charge in [0.05, 0.1) is 16.5 Å². The van der Waals surface area contributed by atoms with Gasteiger partial charge in [-0.25, -0.2) is 17.5 Å². The van der Waals surface area contributed by atoms with E-state index in [1.54, 1.807) is 20.8 Å². The summed E-state index contributed by atoms with van der Waals surface area (Å²) in [6.45, 7) is 6.58. The first-order valence-electron chi connectivity index (χ1n) is 8.32. The minimum Gasteiger partial charge on any atom is -0.449 e. The molecule has 148 valence electrons. The monoisotopic (exact) mass is 395 g/mol. The number of hydrogen-bond donors (Lipinski definition) is 1. The van der Waals surface area contributed by atoms with Crippen molar-refractivity contribution in [2.24, 2.45) is 5.92 Å². The van der Waals surface area contributed by atoms with Crippen LogP contribution < -0.4 is 5.32 Å². The van der Waals surface area contributed by atoms with E-state index in [0.717, 1.165) is 4.31 Å². The van der Waals surface area contributed by atoms with Gasteiger partial charge in [-0.3, -0.25) is 4.79 Å². The van der Waals surface area contributed by atoms with E-state index in [9.17, 15) is 23.3 Å². The number of esters is 1. The predicted molar refractivity (Wildman–Crippen MR) is 99.2 cm³/mol. The van der Waals surface area contributed by atoms with Gasteiger partial charge < -0.3 is 10.1 Å². The molecule has 0 aromatic heterocycles. The van der Waals surface area contributed by atoms with Crippen molar-refractivity contribution in [3.8, 4) is 6.07 Å². The summed E-state index contributed by atoms with van der Waals surface area (Å²) in [5, 5.41) is 11.8. The van der Waals surface area contributed by atoms with Gasteiger partial charge in [-0.1, -0.05) is 13.8 Å². The van der Waals surface area contributed by atoms with Gasteiger partial charge in [0, 0.05) is 14.1 Å². The van der Waals surface area contributed by atoms with E-state index in [4.69, 9.17) is 4.74 Å². The van der Waals surface area contributed by atoms with Crippen molar-refractivity contribution in [1.82, 2.24) is 9.62 Å². The van der Waals surface area contributed by atoms with Crippen LogP contribution in [-0.2, 0) is 19.6 Å². The highest BCUT2D eigenvalue weighted by molar-refractivity contribution is 7.89. The van der Waals surface area contributed by atoms with Gasteiger partial charge in [0.1, 0.15) is 5.54 Å². The minimum absolute atomic E-state index is 0.0385. The van der Waals surface area contributed by atoms with Crippen LogP contribution in [0.15, 0.2) is 29.2 Å². The first-order chi connectivity index (χ1) is 12.3. The number of hydrogen-bond acceptors (Lipinski definition) is 6. The number of rotatable bonds is 7. The molecule has 0 unspecified atom stereocenters. The maximum absolute atomic E-state index is 12.2. The number of benzene rings is 1. The summed E-state index contributed by atoms with van der Waals surface area (Å²) in [5.41, 5.74) is -0.973. The van der Waals surface area contributed by atoms with E-state index < -0.39 is 33.5 Å². The predicted octanol–water partition coefficient (Wildman–Crippen LogP) is 1.54. The molecule has 0 aliphatic heterocycles. The van der Waals surface area contributed by atoms with E-state index in [-0.39, 0.29) is 16.4 Å². The highest BCUT2D eigenvalue weighted by atomic mass is 32.2. The molecule has 9 heteroatoms. The number of ether oxygens (including phenoxy) is 1. The Morgan fingerprint density at radius 1 is 1.19 bits per heavy atom. The molecule has 0 bridgehead atoms. The zero-order valence-corrected chi connectivity index (χ0v) is 17.1. The van der Waals surface area contributed by atoms with Crippen LogP contribution in [0.1, 0.15) is 38.1 Å². The largest absolute Gasteiger partial charge is 0.449 e. The SMILES string of the molecule is CC(C)[C@@](C)(C#N)NC(=O)[C@H](C)OC(=O)c1ccc(S(=O)(=O)N(C)C)cc1. The maximum atomic E-state index is 12.2. The van der Waals surface area contributed by atoms with Crippen molar-refractivity contribution in [3.63, 3.8) is 0 Å². The number of carbonyl (C=O) groups excluding carboxylic acids is 2. The lowest BCUT2D eigenvalue weighted by molar-refractivity contribution is -0.130. The maximum Gasteiger partial charge on any atom is 0.338 e. The smallest absolute Gasteiger partial charge is 0.338 e. The van der Waals surface area contributed by atoms with Crippen LogP contribution in [0.5, 0.6) is 0 Å². The van der Waals surface area contributed by atoms with E-state index in [0.29, 0.717) is 0 Å². The number of amides is 1. The van der Waals surface area contributed by atoms with Gasteiger partial charge in [-0.2, -0.15) is 5.26 Å². The molecular formula is C18H25N3O5S. The highest BCUT2D eigenvalue weighted by Gasteiger charge is 2.32. The third kappa shape index (κ3) is 5.28. The van der Waals surface area contributed by atoms with Gasteiger partial charge in [0.2, 0.25) is 10.0 Å². The molecule has 1 aromatic carbocycles. The Morgan fingerprint density at radius 2 is 1.70 bits per heavy atom. The van der Waals surface area contributed by atoms with E-state index >= 15 is 0 Å². The van der Waals surface area contributed by atoms with Crippen LogP contribution in [0.3, 0.4) is 0 Å². The summed E-state index contributed by atoms with van der Waals surface area (Å²) in [5.74, 6) is -1.50. The zero-order valence-electron chi connectivity index (χ0n) is 16.3. The first-order valence-corrected chi connectivity index (χ1v) is 9.76. The van der Waals surface area contributed by atoms with E-state index in [1.807, 2.05) is 6.07 Å². The van der Waals surface area contributed by atoms with Crippen LogP contribution in [0.2, 0.25) is 0 Å². The van der Waals surface area contributed by atoms with Crippen molar-refractivity contribution in [2.45, 2.75) is 44.2 Å². The molecule has 1 N–H and O–H groups in total. The Morgan fingerprint density at radius 3 is 2.11 bits per heavy atom. The molecule has 0 saturated carbocycles. The zero-order chi connectivity index (χ0) is 21.0. The Labute approximate surface area is 160 Å². The van der Waals surface area contributed by atoms with Crippen molar-refractivity contribution in [3.05, 3.63) is 29.8 Å².